The molecule has 35 heavy (non-hydrogen) atoms. The van der Waals surface area contributed by atoms with Gasteiger partial charge in [-0.1, -0.05) is 17.3 Å². The number of imidazole rings is 1. The molecular weight excluding hydrogens is 448 g/mol. The van der Waals surface area contributed by atoms with Crippen LogP contribution in [0.2, 0.25) is 0 Å². The van der Waals surface area contributed by atoms with Crippen LogP contribution in [-0.4, -0.2) is 59.0 Å². The zero-order valence-corrected chi connectivity index (χ0v) is 18.7. The predicted molar refractivity (Wildman–Crippen MR) is 125 cm³/mol. The first-order chi connectivity index (χ1) is 17.0. The predicted octanol–water partition coefficient (Wildman–Crippen LogP) is 2.63. The van der Waals surface area contributed by atoms with Crippen LogP contribution in [0.1, 0.15) is 12.2 Å². The zero-order valence-electron chi connectivity index (χ0n) is 18.7. The summed E-state index contributed by atoms with van der Waals surface area (Å²) in [7, 11) is 1.64. The average Bonchev–Trinajstić information content (AvgIpc) is 3.61. The molecule has 11 heteroatoms. The molecule has 5 aromatic heterocycles. The van der Waals surface area contributed by atoms with Crippen LogP contribution in [0.15, 0.2) is 71.6 Å². The minimum Gasteiger partial charge on any atom is -0.373 e. The summed E-state index contributed by atoms with van der Waals surface area (Å²) in [6, 6.07) is 14.5. The molecule has 5 aromatic rings. The van der Waals surface area contributed by atoms with Gasteiger partial charge in [-0.15, -0.1) is 0 Å². The molecular formula is C24H20N8O3. The van der Waals surface area contributed by atoms with Crippen molar-refractivity contribution in [2.45, 2.75) is 12.0 Å². The third-order valence-electron chi connectivity index (χ3n) is 6.01. The third-order valence-corrected chi connectivity index (χ3v) is 6.01. The summed E-state index contributed by atoms with van der Waals surface area (Å²) >= 11 is 0. The summed E-state index contributed by atoms with van der Waals surface area (Å²) in [5.74, 6) is 0.833. The van der Waals surface area contributed by atoms with Crippen molar-refractivity contribution in [2.24, 2.45) is 0 Å². The molecule has 0 radical (unpaired) electrons. The monoisotopic (exact) mass is 468 g/mol. The minimum atomic E-state index is -1.71. The van der Waals surface area contributed by atoms with Gasteiger partial charge in [0.2, 0.25) is 11.5 Å². The highest BCUT2D eigenvalue weighted by atomic mass is 16.5. The molecule has 6 heterocycles. The molecule has 1 aliphatic rings. The molecule has 0 saturated carbocycles. The maximum atomic E-state index is 12.4. The van der Waals surface area contributed by atoms with Crippen molar-refractivity contribution in [3.8, 4) is 22.8 Å². The zero-order chi connectivity index (χ0) is 24.0. The number of hydrogen-bond acceptors (Lipinski definition) is 9. The van der Waals surface area contributed by atoms with Gasteiger partial charge in [0.1, 0.15) is 17.2 Å². The molecule has 2 N–H and O–H groups in total. The van der Waals surface area contributed by atoms with Gasteiger partial charge in [0, 0.05) is 38.5 Å². The lowest BCUT2D eigenvalue weighted by atomic mass is 9.98. The number of nitrogens with zero attached hydrogens (tertiary/aromatic N) is 7. The van der Waals surface area contributed by atoms with Crippen LogP contribution in [-0.2, 0) is 10.4 Å². The molecule has 1 saturated heterocycles. The van der Waals surface area contributed by atoms with Gasteiger partial charge in [-0.25, -0.2) is 19.9 Å². The largest absolute Gasteiger partial charge is 0.373 e. The van der Waals surface area contributed by atoms with Gasteiger partial charge in [-0.05, 0) is 30.3 Å². The van der Waals surface area contributed by atoms with Crippen molar-refractivity contribution in [3.05, 3.63) is 72.9 Å². The summed E-state index contributed by atoms with van der Waals surface area (Å²) in [5, 5.41) is 18.1. The molecule has 1 atom stereocenters. The summed E-state index contributed by atoms with van der Waals surface area (Å²) in [6.07, 6.45) is 5.51. The number of hydrogen-bond donors (Lipinski definition) is 2. The highest BCUT2D eigenvalue weighted by Gasteiger charge is 2.48. The Balaban J connectivity index is 1.28. The van der Waals surface area contributed by atoms with Crippen LogP contribution in [0.3, 0.4) is 0 Å². The molecule has 0 spiro atoms. The molecule has 1 aliphatic heterocycles. The van der Waals surface area contributed by atoms with Crippen LogP contribution in [0.5, 0.6) is 0 Å². The van der Waals surface area contributed by atoms with Crippen molar-refractivity contribution < 1.29 is 14.4 Å². The van der Waals surface area contributed by atoms with Gasteiger partial charge in [-0.3, -0.25) is 9.20 Å². The number of fused-ring (bicyclic) bond motifs is 1. The fourth-order valence-corrected chi connectivity index (χ4v) is 4.09. The lowest BCUT2D eigenvalue weighted by Crippen LogP contribution is -2.35. The molecule has 0 unspecified atom stereocenters. The van der Waals surface area contributed by atoms with Crippen molar-refractivity contribution in [3.63, 3.8) is 0 Å². The smallest absolute Gasteiger partial charge is 0.262 e. The number of rotatable bonds is 5. The Labute approximate surface area is 199 Å². The second kappa shape index (κ2) is 7.99. The van der Waals surface area contributed by atoms with Gasteiger partial charge in [0.25, 0.3) is 5.91 Å². The summed E-state index contributed by atoms with van der Waals surface area (Å²) < 4.78 is 7.25. The Hall–Kier alpha value is -4.64. The van der Waals surface area contributed by atoms with E-state index in [1.165, 1.54) is 4.90 Å². The standard InChI is InChI=1S/C24H20N8O3/c1-31-12-9-24(34,22(31)33)19-13-18(30-35-19)16-6-4-5-15(27-16)17-8-10-25-23(28-17)29-21-14-26-20-7-2-3-11-32(20)21/h2-8,10-11,13-14,34H,9,12H2,1H3,(H,25,28,29)/t24-/m1/s1. The van der Waals surface area contributed by atoms with E-state index in [0.717, 1.165) is 11.5 Å². The van der Waals surface area contributed by atoms with E-state index >= 15 is 0 Å². The molecule has 174 valence electrons. The fourth-order valence-electron chi connectivity index (χ4n) is 4.09. The van der Waals surface area contributed by atoms with Gasteiger partial charge in [0.15, 0.2) is 5.76 Å². The molecule has 0 aromatic carbocycles. The first kappa shape index (κ1) is 20.9. The molecule has 6 rings (SSSR count). The highest BCUT2D eigenvalue weighted by molar-refractivity contribution is 5.87. The Morgan fingerprint density at radius 1 is 1.03 bits per heavy atom. The lowest BCUT2D eigenvalue weighted by Gasteiger charge is -2.16. The normalized spacial score (nSPS) is 17.9. The van der Waals surface area contributed by atoms with Gasteiger partial charge in [-0.2, -0.15) is 0 Å². The maximum Gasteiger partial charge on any atom is 0.262 e. The van der Waals surface area contributed by atoms with Crippen LogP contribution in [0.25, 0.3) is 28.4 Å². The second-order valence-corrected chi connectivity index (χ2v) is 8.28. The Morgan fingerprint density at radius 3 is 2.69 bits per heavy atom. The third kappa shape index (κ3) is 3.58. The molecule has 0 bridgehead atoms. The van der Waals surface area contributed by atoms with Crippen LogP contribution in [0, 0.1) is 0 Å². The summed E-state index contributed by atoms with van der Waals surface area (Å²) in [5.41, 5.74) is 1.25. The van der Waals surface area contributed by atoms with E-state index in [0.29, 0.717) is 35.3 Å². The first-order valence-corrected chi connectivity index (χ1v) is 11.0. The van der Waals surface area contributed by atoms with E-state index in [2.05, 4.69) is 30.4 Å². The number of likely N-dealkylation sites (tertiary alicyclic amines) is 1. The minimum absolute atomic E-state index is 0.107. The Bertz CT molecular complexity index is 1560. The van der Waals surface area contributed by atoms with Crippen molar-refractivity contribution in [1.82, 2.24) is 34.4 Å². The quantitative estimate of drug-likeness (QED) is 0.399. The van der Waals surface area contributed by atoms with Crippen molar-refractivity contribution in [1.29, 1.82) is 0 Å². The van der Waals surface area contributed by atoms with Gasteiger partial charge in [0.05, 0.1) is 23.3 Å². The van der Waals surface area contributed by atoms with E-state index < -0.39 is 11.5 Å². The van der Waals surface area contributed by atoms with E-state index in [-0.39, 0.29) is 12.2 Å². The van der Waals surface area contributed by atoms with Crippen LogP contribution < -0.4 is 5.32 Å². The molecule has 11 nitrogen and oxygen atoms in total. The number of amides is 1. The molecule has 0 aliphatic carbocycles. The number of likely N-dealkylation sites (N-methyl/N-ethyl adjacent to an activating group) is 1. The van der Waals surface area contributed by atoms with Crippen molar-refractivity contribution in [2.75, 3.05) is 18.9 Å². The first-order valence-electron chi connectivity index (χ1n) is 11.0. The number of pyridine rings is 2. The average molecular weight is 468 g/mol. The van der Waals surface area contributed by atoms with Gasteiger partial charge < -0.3 is 19.8 Å². The number of aliphatic hydroxyl groups is 1. The van der Waals surface area contributed by atoms with Crippen LogP contribution >= 0.6 is 0 Å². The Kier molecular flexibility index (Phi) is 4.78. The molecule has 1 amide bonds. The summed E-state index contributed by atoms with van der Waals surface area (Å²) in [6.45, 7) is 0.443. The van der Waals surface area contributed by atoms with Gasteiger partial charge >= 0.3 is 0 Å². The van der Waals surface area contributed by atoms with E-state index in [1.807, 2.05) is 40.9 Å². The fraction of sp³-hybridized carbons (Fsp3) is 0.167. The number of carbonyl (C=O) groups is 1. The van der Waals surface area contributed by atoms with E-state index in [4.69, 9.17) is 4.52 Å². The maximum absolute atomic E-state index is 12.4. The molecule has 1 fully saturated rings. The number of nitrogens with one attached hydrogen (secondary N) is 1. The van der Waals surface area contributed by atoms with E-state index in [1.54, 1.807) is 37.6 Å². The topological polar surface area (TPSA) is 135 Å². The van der Waals surface area contributed by atoms with Crippen molar-refractivity contribution >= 4 is 23.3 Å². The number of anilines is 2. The number of carbonyl (C=O) groups excluding carboxylic acids is 1. The Morgan fingerprint density at radius 2 is 1.86 bits per heavy atom. The highest BCUT2D eigenvalue weighted by Crippen LogP contribution is 2.34. The summed E-state index contributed by atoms with van der Waals surface area (Å²) in [4.78, 5) is 31.8. The SMILES string of the molecule is CN1CC[C@@](O)(c2cc(-c3cccc(-c4ccnc(Nc5cnc6ccccn56)n4)n3)no2)C1=O. The van der Waals surface area contributed by atoms with Crippen LogP contribution in [0.4, 0.5) is 11.8 Å². The second-order valence-electron chi connectivity index (χ2n) is 8.28. The lowest BCUT2D eigenvalue weighted by molar-refractivity contribution is -0.144. The van der Waals surface area contributed by atoms with E-state index in [9.17, 15) is 9.90 Å². The number of aromatic nitrogens is 6.